The maximum absolute atomic E-state index is 3.55. The van der Waals surface area contributed by atoms with Gasteiger partial charge in [-0.15, -0.1) is 0 Å². The number of anilines is 6. The average Bonchev–Trinajstić information content (AvgIpc) is 3.86. The highest BCUT2D eigenvalue weighted by Gasteiger charge is 2.51. The maximum Gasteiger partial charge on any atom is 0.0732 e. The van der Waals surface area contributed by atoms with Crippen LogP contribution >= 0.6 is 0 Å². The smallest absolute Gasteiger partial charge is 0.0732 e. The molecule has 12 rings (SSSR count). The van der Waals surface area contributed by atoms with Crippen molar-refractivity contribution in [2.75, 3.05) is 9.80 Å². The van der Waals surface area contributed by atoms with Gasteiger partial charge in [-0.25, -0.2) is 0 Å². The standard InChI is InChI=1S/C65H44N2/c1-5-17-51(18-6-1)66(52-19-7-2-8-20-52)55-39-33-47(34-40-55)29-31-49-37-43-59-60-44-38-50(46-64(60)65(63(59)45-49)61-27-15-13-25-57(61)58-26-14-16-28-62(58)65)32-30-48-35-41-56(42-36-48)67(53-21-9-3-10-22-53)54-23-11-4-12-24-54/h1-13,15-25,27-46H/b31-29+,32-30+. The zero-order valence-corrected chi connectivity index (χ0v) is 36.8. The van der Waals surface area contributed by atoms with Crippen molar-refractivity contribution in [2.45, 2.75) is 5.41 Å². The second kappa shape index (κ2) is 16.9. The summed E-state index contributed by atoms with van der Waals surface area (Å²) in [7, 11) is 0. The van der Waals surface area contributed by atoms with Crippen molar-refractivity contribution in [3.05, 3.63) is 299 Å². The summed E-state index contributed by atoms with van der Waals surface area (Å²) < 4.78 is 0. The summed E-state index contributed by atoms with van der Waals surface area (Å²) >= 11 is 0. The summed E-state index contributed by atoms with van der Waals surface area (Å²) in [5.74, 6) is 0. The number of benzene rings is 9. The fraction of sp³-hybridized carbons (Fsp3) is 0.0154. The fourth-order valence-electron chi connectivity index (χ4n) is 10.3. The van der Waals surface area contributed by atoms with Gasteiger partial charge < -0.3 is 9.80 Å². The van der Waals surface area contributed by atoms with Crippen LogP contribution in [0.3, 0.4) is 0 Å². The quantitative estimate of drug-likeness (QED) is 0.127. The third kappa shape index (κ3) is 7.02. The van der Waals surface area contributed by atoms with E-state index in [4.69, 9.17) is 0 Å². The van der Waals surface area contributed by atoms with E-state index >= 15 is 0 Å². The number of hydrogen-bond acceptors (Lipinski definition) is 2. The molecule has 2 heteroatoms. The molecule has 10 aromatic carbocycles. The molecule has 0 radical (unpaired) electrons. The van der Waals surface area contributed by atoms with E-state index in [0.717, 1.165) is 61.9 Å². The van der Waals surface area contributed by atoms with Crippen LogP contribution in [0.25, 0.3) is 46.6 Å². The van der Waals surface area contributed by atoms with Gasteiger partial charge in [0.2, 0.25) is 0 Å². The molecular formula is C65H44N2. The van der Waals surface area contributed by atoms with Gasteiger partial charge in [0.25, 0.3) is 0 Å². The van der Waals surface area contributed by atoms with Crippen LogP contribution in [0.5, 0.6) is 0 Å². The van der Waals surface area contributed by atoms with Crippen molar-refractivity contribution in [1.82, 2.24) is 0 Å². The maximum atomic E-state index is 3.55. The highest BCUT2D eigenvalue weighted by atomic mass is 15.1. The minimum atomic E-state index is -0.504. The molecule has 0 saturated heterocycles. The molecule has 1 spiro atoms. The Bertz CT molecular complexity index is 3120. The molecule has 2 aliphatic carbocycles. The highest BCUT2D eigenvalue weighted by molar-refractivity contribution is 5.96. The van der Waals surface area contributed by atoms with Gasteiger partial charge in [0.05, 0.1) is 5.41 Å². The van der Waals surface area contributed by atoms with E-state index in [0.29, 0.717) is 0 Å². The minimum absolute atomic E-state index is 0.504. The van der Waals surface area contributed by atoms with E-state index in [1.165, 1.54) is 38.9 Å². The van der Waals surface area contributed by atoms with Crippen molar-refractivity contribution in [2.24, 2.45) is 0 Å². The largest absolute Gasteiger partial charge is 0.311 e. The van der Waals surface area contributed by atoms with Crippen LogP contribution in [0.4, 0.5) is 34.1 Å². The van der Waals surface area contributed by atoms with Crippen LogP contribution in [0.1, 0.15) is 44.5 Å². The molecule has 0 N–H and O–H groups in total. The van der Waals surface area contributed by atoms with Gasteiger partial charge in [-0.3, -0.25) is 0 Å². The number of nitrogens with zero attached hydrogens (tertiary/aromatic N) is 2. The molecule has 0 aliphatic heterocycles. The van der Waals surface area contributed by atoms with Gasteiger partial charge in [0, 0.05) is 39.7 Å². The fourth-order valence-corrected chi connectivity index (χ4v) is 10.3. The second-order valence-electron chi connectivity index (χ2n) is 17.2. The molecule has 67 heavy (non-hydrogen) atoms. The predicted octanol–water partition coefficient (Wildman–Crippen LogP) is 16.9. The first-order valence-electron chi connectivity index (χ1n) is 22.9. The summed E-state index contributed by atoms with van der Waals surface area (Å²) in [5, 5.41) is 0. The third-order valence-electron chi connectivity index (χ3n) is 13.3. The number of fused-ring (bicyclic) bond motifs is 10. The molecule has 0 saturated carbocycles. The lowest BCUT2D eigenvalue weighted by molar-refractivity contribution is 0.793. The third-order valence-corrected chi connectivity index (χ3v) is 13.3. The molecule has 0 heterocycles. The van der Waals surface area contributed by atoms with E-state index in [-0.39, 0.29) is 0 Å². The van der Waals surface area contributed by atoms with Crippen LogP contribution in [0, 0.1) is 12.1 Å². The number of rotatable bonds is 10. The molecule has 10 aromatic rings. The lowest BCUT2D eigenvalue weighted by Gasteiger charge is -2.30. The van der Waals surface area contributed by atoms with Crippen molar-refractivity contribution in [3.8, 4) is 22.3 Å². The monoisotopic (exact) mass is 852 g/mol. The number of para-hydroxylation sites is 4. The molecular weight excluding hydrogens is 809 g/mol. The average molecular weight is 853 g/mol. The van der Waals surface area contributed by atoms with E-state index < -0.39 is 5.41 Å². The second-order valence-corrected chi connectivity index (χ2v) is 17.2. The van der Waals surface area contributed by atoms with Gasteiger partial charge in [-0.2, -0.15) is 0 Å². The number of hydrogen-bond donors (Lipinski definition) is 0. The highest BCUT2D eigenvalue weighted by Crippen LogP contribution is 2.62. The van der Waals surface area contributed by atoms with Gasteiger partial charge in [0.1, 0.15) is 0 Å². The van der Waals surface area contributed by atoms with E-state index in [1.807, 2.05) is 6.07 Å². The van der Waals surface area contributed by atoms with E-state index in [9.17, 15) is 0 Å². The molecule has 0 fully saturated rings. The zero-order valence-electron chi connectivity index (χ0n) is 36.8. The molecule has 2 aliphatic rings. The molecule has 0 unspecified atom stereocenters. The van der Waals surface area contributed by atoms with Gasteiger partial charge in [0.15, 0.2) is 0 Å². The van der Waals surface area contributed by atoms with Crippen molar-refractivity contribution >= 4 is 58.4 Å². The van der Waals surface area contributed by atoms with Crippen molar-refractivity contribution in [3.63, 3.8) is 0 Å². The lowest BCUT2D eigenvalue weighted by Crippen LogP contribution is -2.26. The van der Waals surface area contributed by atoms with Crippen LogP contribution in [-0.4, -0.2) is 0 Å². The summed E-state index contributed by atoms with van der Waals surface area (Å²) in [4.78, 5) is 4.59. The predicted molar refractivity (Wildman–Crippen MR) is 281 cm³/mol. The first-order chi connectivity index (χ1) is 33.2. The summed E-state index contributed by atoms with van der Waals surface area (Å²) in [6.45, 7) is 0. The Labute approximate surface area is 393 Å². The summed E-state index contributed by atoms with van der Waals surface area (Å²) in [6.07, 6.45) is 8.96. The van der Waals surface area contributed by atoms with Gasteiger partial charge >= 0.3 is 0 Å². The topological polar surface area (TPSA) is 6.48 Å². The molecule has 0 aromatic heterocycles. The van der Waals surface area contributed by atoms with Gasteiger partial charge in [-0.1, -0.05) is 182 Å². The summed E-state index contributed by atoms with van der Waals surface area (Å²) in [5.41, 5.74) is 20.8. The van der Waals surface area contributed by atoms with Crippen molar-refractivity contribution < 1.29 is 0 Å². The lowest BCUT2D eigenvalue weighted by atomic mass is 9.70. The van der Waals surface area contributed by atoms with Crippen LogP contribution in [0.2, 0.25) is 0 Å². The minimum Gasteiger partial charge on any atom is -0.311 e. The Balaban J connectivity index is 0.888. The molecule has 2 nitrogen and oxygen atoms in total. The first kappa shape index (κ1) is 39.7. The molecule has 0 atom stereocenters. The Morgan fingerprint density at radius 3 is 1.12 bits per heavy atom. The van der Waals surface area contributed by atoms with Gasteiger partial charge in [-0.05, 0) is 158 Å². The molecule has 0 amide bonds. The van der Waals surface area contributed by atoms with Crippen LogP contribution < -0.4 is 9.80 Å². The zero-order chi connectivity index (χ0) is 44.6. The normalized spacial score (nSPS) is 12.7. The van der Waals surface area contributed by atoms with E-state index in [1.54, 1.807) is 0 Å². The van der Waals surface area contributed by atoms with Crippen LogP contribution in [0.15, 0.2) is 243 Å². The molecule has 314 valence electrons. The van der Waals surface area contributed by atoms with E-state index in [2.05, 4.69) is 283 Å². The molecule has 0 bridgehead atoms. The Hall–Kier alpha value is -8.90. The Morgan fingerprint density at radius 1 is 0.299 bits per heavy atom. The van der Waals surface area contributed by atoms with Crippen molar-refractivity contribution in [1.29, 1.82) is 0 Å². The SMILES string of the molecule is c1ccc2c(c#1)-c1ccccc1C21c2cc(/C=C/c3ccc(N(c4ccccc4)c4ccccc4)cc3)ccc2-c2ccc(/C=C/c3ccc(N(c4ccccc4)c4ccccc4)cc3)cc21. The summed E-state index contributed by atoms with van der Waals surface area (Å²) in [6, 6.07) is 93.9. The first-order valence-corrected chi connectivity index (χ1v) is 22.9. The van der Waals surface area contributed by atoms with Crippen LogP contribution in [-0.2, 0) is 5.41 Å². The Kier molecular flexibility index (Phi) is 10.0. The Morgan fingerprint density at radius 2 is 0.672 bits per heavy atom.